The summed E-state index contributed by atoms with van der Waals surface area (Å²) in [5.41, 5.74) is 4.44. The number of hydrogen-bond donors (Lipinski definition) is 0. The zero-order valence-corrected chi connectivity index (χ0v) is 29.8. The van der Waals surface area contributed by atoms with E-state index < -0.39 is 13.7 Å². The van der Waals surface area contributed by atoms with Gasteiger partial charge >= 0.3 is 6.09 Å². The number of carbonyl (C=O) groups is 1. The number of ether oxygens (including phenoxy) is 4. The molecular weight excluding hydrogens is 630 g/mol. The average Bonchev–Trinajstić information content (AvgIpc) is 3.39. The standard InChI is InChI=1S/C36H46FN5O5Si/c1-36(2,3)47-35(43)41-14-12-40(13-15-41)30-11-10-25-20-32(30)46-17-16-44-23-26-8-7-9-28(37)33(26)29-21-27-31(22-38-29)42(39-34(25)27)24-45-18-19-48(4,5)6/h7-11,20-22H,12-19,23-24H2,1-6H3. The van der Waals surface area contributed by atoms with Crippen LogP contribution in [0.25, 0.3) is 33.4 Å². The van der Waals surface area contributed by atoms with E-state index >= 15 is 4.39 Å². The topological polar surface area (TPSA) is 91.2 Å². The fourth-order valence-electron chi connectivity index (χ4n) is 5.91. The van der Waals surface area contributed by atoms with Crippen LogP contribution in [0, 0.1) is 5.82 Å². The van der Waals surface area contributed by atoms with Gasteiger partial charge in [-0.25, -0.2) is 13.9 Å². The predicted octanol–water partition coefficient (Wildman–Crippen LogP) is 7.18. The predicted molar refractivity (Wildman–Crippen MR) is 188 cm³/mol. The summed E-state index contributed by atoms with van der Waals surface area (Å²) in [6.07, 6.45) is 1.46. The summed E-state index contributed by atoms with van der Waals surface area (Å²) >= 11 is 0. The molecule has 1 amide bonds. The van der Waals surface area contributed by atoms with Crippen molar-refractivity contribution in [2.45, 2.75) is 65.4 Å². The number of carbonyl (C=O) groups excluding carboxylic acids is 1. The molecule has 2 aromatic heterocycles. The monoisotopic (exact) mass is 675 g/mol. The third-order valence-corrected chi connectivity index (χ3v) is 10.2. The molecule has 1 saturated heterocycles. The van der Waals surface area contributed by atoms with Crippen LogP contribution in [0.3, 0.4) is 0 Å². The normalized spacial score (nSPS) is 15.6. The van der Waals surface area contributed by atoms with Crippen LogP contribution in [-0.4, -0.2) is 85.4 Å². The first-order valence-corrected chi connectivity index (χ1v) is 20.4. The van der Waals surface area contributed by atoms with Crippen LogP contribution in [0.15, 0.2) is 48.7 Å². The molecule has 2 aliphatic heterocycles. The molecule has 2 aliphatic rings. The lowest BCUT2D eigenvalue weighted by Gasteiger charge is -2.37. The molecule has 6 rings (SSSR count). The molecule has 256 valence electrons. The molecule has 2 aromatic carbocycles. The number of hydrogen-bond acceptors (Lipinski definition) is 8. The maximum Gasteiger partial charge on any atom is 0.410 e. The molecule has 12 heteroatoms. The second-order valence-electron chi connectivity index (χ2n) is 14.6. The highest BCUT2D eigenvalue weighted by Crippen LogP contribution is 2.38. The van der Waals surface area contributed by atoms with Gasteiger partial charge in [0.2, 0.25) is 0 Å². The highest BCUT2D eigenvalue weighted by atomic mass is 28.3. The van der Waals surface area contributed by atoms with Crippen LogP contribution < -0.4 is 9.64 Å². The Bertz CT molecular complexity index is 1780. The van der Waals surface area contributed by atoms with Gasteiger partial charge in [-0.3, -0.25) is 4.98 Å². The molecule has 4 aromatic rings. The van der Waals surface area contributed by atoms with E-state index in [9.17, 15) is 4.79 Å². The van der Waals surface area contributed by atoms with Gasteiger partial charge in [-0.05, 0) is 56.6 Å². The third kappa shape index (κ3) is 7.82. The first kappa shape index (κ1) is 33.9. The Morgan fingerprint density at radius 2 is 1.83 bits per heavy atom. The molecule has 0 unspecified atom stereocenters. The number of halogens is 1. The fraction of sp³-hybridized carbons (Fsp3) is 0.472. The van der Waals surface area contributed by atoms with Crippen LogP contribution in [0.1, 0.15) is 26.3 Å². The van der Waals surface area contributed by atoms with E-state index in [0.29, 0.717) is 68.6 Å². The van der Waals surface area contributed by atoms with Crippen LogP contribution in [0.5, 0.6) is 5.75 Å². The van der Waals surface area contributed by atoms with E-state index in [2.05, 4.69) is 24.5 Å². The SMILES string of the molecule is CC(C)(C)OC(=O)N1CCN(c2ccc3cc2OCCOCc2cccc(F)c2-c2cc4c-3nn(COCC[Si](C)(C)C)c4cn2)CC1. The van der Waals surface area contributed by atoms with Crippen LogP contribution in [0.2, 0.25) is 25.7 Å². The molecular formula is C36H46FN5O5Si. The quantitative estimate of drug-likeness (QED) is 0.157. The van der Waals surface area contributed by atoms with Gasteiger partial charge < -0.3 is 28.7 Å². The first-order valence-electron chi connectivity index (χ1n) is 16.7. The van der Waals surface area contributed by atoms with E-state index in [-0.39, 0.29) is 25.2 Å². The van der Waals surface area contributed by atoms with Crippen molar-refractivity contribution in [2.75, 3.05) is 50.9 Å². The van der Waals surface area contributed by atoms with Crippen molar-refractivity contribution in [3.05, 3.63) is 60.0 Å². The second-order valence-corrected chi connectivity index (χ2v) is 20.2. The fourth-order valence-corrected chi connectivity index (χ4v) is 6.67. The maximum absolute atomic E-state index is 15.4. The summed E-state index contributed by atoms with van der Waals surface area (Å²) in [5, 5.41) is 5.87. The van der Waals surface area contributed by atoms with Crippen molar-refractivity contribution >= 4 is 30.8 Å². The van der Waals surface area contributed by atoms with Gasteiger partial charge in [0.25, 0.3) is 0 Å². The lowest BCUT2D eigenvalue weighted by atomic mass is 10.0. The number of nitrogens with zero attached hydrogens (tertiary/aromatic N) is 5. The zero-order chi connectivity index (χ0) is 34.1. The Labute approximate surface area is 282 Å². The van der Waals surface area contributed by atoms with Crippen molar-refractivity contribution in [3.8, 4) is 28.3 Å². The van der Waals surface area contributed by atoms with Crippen molar-refractivity contribution in [2.24, 2.45) is 0 Å². The molecule has 0 atom stereocenters. The summed E-state index contributed by atoms with van der Waals surface area (Å²) in [6.45, 7) is 16.7. The first-order chi connectivity index (χ1) is 22.9. The van der Waals surface area contributed by atoms with Crippen molar-refractivity contribution < 1.29 is 28.1 Å². The van der Waals surface area contributed by atoms with Gasteiger partial charge in [0.05, 0.1) is 36.3 Å². The zero-order valence-electron chi connectivity index (χ0n) is 28.8. The molecule has 0 radical (unpaired) electrons. The van der Waals surface area contributed by atoms with E-state index in [1.54, 1.807) is 17.2 Å². The number of pyridine rings is 1. The minimum Gasteiger partial charge on any atom is -0.489 e. The van der Waals surface area contributed by atoms with E-state index in [0.717, 1.165) is 33.9 Å². The van der Waals surface area contributed by atoms with Gasteiger partial charge in [0, 0.05) is 57.4 Å². The lowest BCUT2D eigenvalue weighted by Crippen LogP contribution is -2.50. The molecule has 0 spiro atoms. The molecule has 4 heterocycles. The Hall–Kier alpha value is -4.00. The van der Waals surface area contributed by atoms with E-state index in [1.807, 2.05) is 55.8 Å². The summed E-state index contributed by atoms with van der Waals surface area (Å²) in [4.78, 5) is 21.4. The third-order valence-electron chi connectivity index (χ3n) is 8.45. The van der Waals surface area contributed by atoms with Crippen molar-refractivity contribution in [1.29, 1.82) is 0 Å². The highest BCUT2D eigenvalue weighted by Gasteiger charge is 2.28. The molecule has 4 bridgehead atoms. The molecule has 0 N–H and O–H groups in total. The van der Waals surface area contributed by atoms with E-state index in [1.165, 1.54) is 6.07 Å². The van der Waals surface area contributed by atoms with Gasteiger partial charge in [-0.15, -0.1) is 0 Å². The average molecular weight is 676 g/mol. The number of rotatable bonds is 6. The number of fused-ring (bicyclic) bond motifs is 6. The number of anilines is 1. The van der Waals surface area contributed by atoms with Gasteiger partial charge in [0.15, 0.2) is 0 Å². The lowest BCUT2D eigenvalue weighted by molar-refractivity contribution is 0.0240. The largest absolute Gasteiger partial charge is 0.489 e. The Morgan fingerprint density at radius 3 is 2.58 bits per heavy atom. The van der Waals surface area contributed by atoms with Crippen molar-refractivity contribution in [1.82, 2.24) is 19.7 Å². The Kier molecular flexibility index (Phi) is 9.78. The number of amides is 1. The van der Waals surface area contributed by atoms with Gasteiger partial charge in [-0.1, -0.05) is 37.8 Å². The summed E-state index contributed by atoms with van der Waals surface area (Å²) in [7, 11) is -1.26. The summed E-state index contributed by atoms with van der Waals surface area (Å²) < 4.78 is 41.3. The van der Waals surface area contributed by atoms with Crippen molar-refractivity contribution in [3.63, 3.8) is 0 Å². The van der Waals surface area contributed by atoms with E-state index in [4.69, 9.17) is 29.0 Å². The Morgan fingerprint density at radius 1 is 1.04 bits per heavy atom. The van der Waals surface area contributed by atoms with Gasteiger partial charge in [-0.2, -0.15) is 5.10 Å². The number of piperazine rings is 1. The van der Waals surface area contributed by atoms with Crippen LogP contribution in [-0.2, 0) is 27.5 Å². The highest BCUT2D eigenvalue weighted by molar-refractivity contribution is 6.76. The van der Waals surface area contributed by atoms with Crippen LogP contribution in [0.4, 0.5) is 14.9 Å². The smallest absolute Gasteiger partial charge is 0.410 e. The van der Waals surface area contributed by atoms with Gasteiger partial charge in [0.1, 0.15) is 36.2 Å². The molecule has 10 nitrogen and oxygen atoms in total. The summed E-state index contributed by atoms with van der Waals surface area (Å²) in [6, 6.07) is 14.1. The minimum absolute atomic E-state index is 0.215. The number of benzene rings is 2. The molecule has 0 aliphatic carbocycles. The summed E-state index contributed by atoms with van der Waals surface area (Å²) in [5.74, 6) is 0.349. The minimum atomic E-state index is -1.26. The molecule has 0 saturated carbocycles. The maximum atomic E-state index is 15.4. The number of aromatic nitrogens is 3. The second kappa shape index (κ2) is 13.8. The van der Waals surface area contributed by atoms with Crippen LogP contribution >= 0.6 is 0 Å². The molecule has 48 heavy (non-hydrogen) atoms. The Balaban J connectivity index is 1.36. The molecule has 1 fully saturated rings.